The summed E-state index contributed by atoms with van der Waals surface area (Å²) in [5, 5.41) is 2.88. The normalized spacial score (nSPS) is 11.1. The van der Waals surface area contributed by atoms with Gasteiger partial charge in [-0.25, -0.2) is 4.98 Å². The number of fused-ring (bicyclic) bond motifs is 1. The first-order valence-electron chi connectivity index (χ1n) is 8.67. The molecule has 0 atom stereocenters. The maximum atomic E-state index is 12.2. The van der Waals surface area contributed by atoms with Crippen molar-refractivity contribution in [1.29, 1.82) is 0 Å². The molecular formula is C22H18N4O. The van der Waals surface area contributed by atoms with E-state index in [1.54, 1.807) is 24.7 Å². The number of rotatable bonds is 5. The van der Waals surface area contributed by atoms with Crippen molar-refractivity contribution >= 4 is 23.3 Å². The second-order valence-corrected chi connectivity index (χ2v) is 6.16. The van der Waals surface area contributed by atoms with Crippen LogP contribution in [-0.2, 0) is 11.2 Å². The number of anilines is 1. The predicted molar refractivity (Wildman–Crippen MR) is 106 cm³/mol. The van der Waals surface area contributed by atoms with E-state index in [1.165, 1.54) is 17.2 Å². The zero-order valence-corrected chi connectivity index (χ0v) is 14.6. The molecule has 3 heterocycles. The highest BCUT2D eigenvalue weighted by Crippen LogP contribution is 2.14. The van der Waals surface area contributed by atoms with Crippen LogP contribution in [-0.4, -0.2) is 20.3 Å². The first kappa shape index (κ1) is 16.7. The zero-order valence-electron chi connectivity index (χ0n) is 14.6. The molecule has 0 radical (unpaired) electrons. The SMILES string of the molecule is O=C(/C=C/c1cnc2ccccn12)Nc1ccc(Cc2ccncc2)cc1. The number of nitrogens with one attached hydrogen (secondary N) is 1. The highest BCUT2D eigenvalue weighted by atomic mass is 16.1. The summed E-state index contributed by atoms with van der Waals surface area (Å²) in [5.41, 5.74) is 4.86. The van der Waals surface area contributed by atoms with Crippen molar-refractivity contribution in [1.82, 2.24) is 14.4 Å². The molecule has 0 aliphatic rings. The van der Waals surface area contributed by atoms with Crippen molar-refractivity contribution in [3.63, 3.8) is 0 Å². The quantitative estimate of drug-likeness (QED) is 0.552. The number of hydrogen-bond acceptors (Lipinski definition) is 3. The minimum Gasteiger partial charge on any atom is -0.323 e. The number of pyridine rings is 2. The molecule has 0 aliphatic carbocycles. The van der Waals surface area contributed by atoms with Crippen molar-refractivity contribution in [2.75, 3.05) is 5.32 Å². The molecule has 0 saturated heterocycles. The Kier molecular flexibility index (Phi) is 4.74. The van der Waals surface area contributed by atoms with Crippen LogP contribution < -0.4 is 5.32 Å². The fourth-order valence-corrected chi connectivity index (χ4v) is 2.86. The van der Waals surface area contributed by atoms with E-state index in [9.17, 15) is 4.79 Å². The van der Waals surface area contributed by atoms with Gasteiger partial charge in [-0.1, -0.05) is 18.2 Å². The average molecular weight is 354 g/mol. The molecule has 0 saturated carbocycles. The zero-order chi connectivity index (χ0) is 18.5. The number of amides is 1. The Hall–Kier alpha value is -3.73. The lowest BCUT2D eigenvalue weighted by atomic mass is 10.1. The summed E-state index contributed by atoms with van der Waals surface area (Å²) in [7, 11) is 0. The van der Waals surface area contributed by atoms with Gasteiger partial charge in [-0.05, 0) is 60.0 Å². The van der Waals surface area contributed by atoms with Gasteiger partial charge < -0.3 is 9.72 Å². The highest BCUT2D eigenvalue weighted by Gasteiger charge is 2.02. The lowest BCUT2D eigenvalue weighted by molar-refractivity contribution is -0.111. The van der Waals surface area contributed by atoms with E-state index >= 15 is 0 Å². The van der Waals surface area contributed by atoms with Crippen LogP contribution in [0.2, 0.25) is 0 Å². The largest absolute Gasteiger partial charge is 0.323 e. The average Bonchev–Trinajstić information content (AvgIpc) is 3.12. The van der Waals surface area contributed by atoms with Gasteiger partial charge in [-0.3, -0.25) is 9.78 Å². The van der Waals surface area contributed by atoms with Gasteiger partial charge in [0.15, 0.2) is 0 Å². The molecule has 5 heteroatoms. The van der Waals surface area contributed by atoms with Gasteiger partial charge >= 0.3 is 0 Å². The third kappa shape index (κ3) is 4.10. The molecule has 1 N–H and O–H groups in total. The summed E-state index contributed by atoms with van der Waals surface area (Å²) < 4.78 is 1.93. The summed E-state index contributed by atoms with van der Waals surface area (Å²) >= 11 is 0. The molecular weight excluding hydrogens is 336 g/mol. The highest BCUT2D eigenvalue weighted by molar-refractivity contribution is 6.01. The van der Waals surface area contributed by atoms with E-state index in [4.69, 9.17) is 0 Å². The number of benzene rings is 1. The molecule has 3 aromatic heterocycles. The summed E-state index contributed by atoms with van der Waals surface area (Å²) in [6.45, 7) is 0. The smallest absolute Gasteiger partial charge is 0.248 e. The Bertz CT molecular complexity index is 1080. The lowest BCUT2D eigenvalue weighted by Gasteiger charge is -2.05. The molecule has 1 aromatic carbocycles. The minimum atomic E-state index is -0.178. The summed E-state index contributed by atoms with van der Waals surface area (Å²) in [5.74, 6) is -0.178. The van der Waals surface area contributed by atoms with Crippen LogP contribution in [0.25, 0.3) is 11.7 Å². The Morgan fingerprint density at radius 3 is 2.59 bits per heavy atom. The number of hydrogen-bond donors (Lipinski definition) is 1. The van der Waals surface area contributed by atoms with Gasteiger partial charge in [0.1, 0.15) is 5.65 Å². The van der Waals surface area contributed by atoms with Crippen LogP contribution in [0.1, 0.15) is 16.8 Å². The molecule has 0 aliphatic heterocycles. The van der Waals surface area contributed by atoms with Crippen molar-refractivity contribution in [2.24, 2.45) is 0 Å². The first-order chi connectivity index (χ1) is 13.3. The van der Waals surface area contributed by atoms with Crippen LogP contribution >= 0.6 is 0 Å². The maximum Gasteiger partial charge on any atom is 0.248 e. The van der Waals surface area contributed by atoms with Crippen LogP contribution in [0, 0.1) is 0 Å². The Morgan fingerprint density at radius 2 is 1.78 bits per heavy atom. The molecule has 27 heavy (non-hydrogen) atoms. The standard InChI is InChI=1S/C22H18N4O/c27-22(9-8-20-16-24-21-3-1-2-14-26(20)21)25-19-6-4-17(5-7-19)15-18-10-12-23-13-11-18/h1-14,16H,15H2,(H,25,27)/b9-8+. The van der Waals surface area contributed by atoms with Crippen LogP contribution in [0.4, 0.5) is 5.69 Å². The van der Waals surface area contributed by atoms with Crippen molar-refractivity contribution in [2.45, 2.75) is 6.42 Å². The van der Waals surface area contributed by atoms with E-state index in [0.29, 0.717) is 0 Å². The van der Waals surface area contributed by atoms with Crippen LogP contribution in [0.15, 0.2) is 85.5 Å². The van der Waals surface area contributed by atoms with Gasteiger partial charge in [0.25, 0.3) is 0 Å². The number of aromatic nitrogens is 3. The molecule has 4 aromatic rings. The van der Waals surface area contributed by atoms with Crippen molar-refractivity contribution in [3.05, 3.63) is 102 Å². The Labute approximate surface area is 157 Å². The molecule has 5 nitrogen and oxygen atoms in total. The van der Waals surface area contributed by atoms with Gasteiger partial charge in [-0.2, -0.15) is 0 Å². The fourth-order valence-electron chi connectivity index (χ4n) is 2.86. The van der Waals surface area contributed by atoms with E-state index < -0.39 is 0 Å². The second-order valence-electron chi connectivity index (χ2n) is 6.16. The maximum absolute atomic E-state index is 12.2. The number of carbonyl (C=O) groups excluding carboxylic acids is 1. The summed E-state index contributed by atoms with van der Waals surface area (Å²) in [6, 6.07) is 17.6. The summed E-state index contributed by atoms with van der Waals surface area (Å²) in [6.07, 6.45) is 11.4. The van der Waals surface area contributed by atoms with Crippen LogP contribution in [0.3, 0.4) is 0 Å². The third-order valence-electron chi connectivity index (χ3n) is 4.23. The Balaban J connectivity index is 1.39. The lowest BCUT2D eigenvalue weighted by Crippen LogP contribution is -2.07. The Morgan fingerprint density at radius 1 is 1.00 bits per heavy atom. The molecule has 0 spiro atoms. The molecule has 4 rings (SSSR count). The topological polar surface area (TPSA) is 59.3 Å². The van der Waals surface area contributed by atoms with E-state index in [2.05, 4.69) is 15.3 Å². The predicted octanol–water partition coefficient (Wildman–Crippen LogP) is 3.97. The van der Waals surface area contributed by atoms with Crippen molar-refractivity contribution in [3.8, 4) is 0 Å². The molecule has 0 bridgehead atoms. The van der Waals surface area contributed by atoms with Gasteiger partial charge in [0, 0.05) is 30.4 Å². The van der Waals surface area contributed by atoms with Crippen LogP contribution in [0.5, 0.6) is 0 Å². The molecule has 1 amide bonds. The minimum absolute atomic E-state index is 0.178. The van der Waals surface area contributed by atoms with Crippen molar-refractivity contribution < 1.29 is 4.79 Å². The van der Waals surface area contributed by atoms with Gasteiger partial charge in [0.2, 0.25) is 5.91 Å². The summed E-state index contributed by atoms with van der Waals surface area (Å²) in [4.78, 5) is 20.5. The molecule has 0 unspecified atom stereocenters. The second kappa shape index (κ2) is 7.66. The number of carbonyl (C=O) groups is 1. The molecule has 0 fully saturated rings. The van der Waals surface area contributed by atoms with Gasteiger partial charge in [0.05, 0.1) is 11.9 Å². The third-order valence-corrected chi connectivity index (χ3v) is 4.23. The fraction of sp³-hybridized carbons (Fsp3) is 0.0455. The number of imidazole rings is 1. The van der Waals surface area contributed by atoms with E-state index in [0.717, 1.165) is 23.4 Å². The van der Waals surface area contributed by atoms with E-state index in [-0.39, 0.29) is 5.91 Å². The van der Waals surface area contributed by atoms with Gasteiger partial charge in [-0.15, -0.1) is 0 Å². The monoisotopic (exact) mass is 354 g/mol. The first-order valence-corrected chi connectivity index (χ1v) is 8.67. The van der Waals surface area contributed by atoms with E-state index in [1.807, 2.05) is 65.2 Å². The molecule has 132 valence electrons. The number of nitrogens with zero attached hydrogens (tertiary/aromatic N) is 3.